The van der Waals surface area contributed by atoms with E-state index in [-0.39, 0.29) is 5.25 Å². The second-order valence-corrected chi connectivity index (χ2v) is 5.37. The molecule has 1 radical (unpaired) electrons. The van der Waals surface area contributed by atoms with Gasteiger partial charge in [0.2, 0.25) is 0 Å². The first-order chi connectivity index (χ1) is 6.09. The van der Waals surface area contributed by atoms with Crippen LogP contribution in [0.4, 0.5) is 0 Å². The van der Waals surface area contributed by atoms with Crippen molar-refractivity contribution in [2.24, 2.45) is 0 Å². The first kappa shape index (κ1) is 10.3. The lowest BCUT2D eigenvalue weighted by molar-refractivity contribution is 0.581. The number of rotatable bonds is 3. The lowest BCUT2D eigenvalue weighted by Gasteiger charge is -2.09. The lowest BCUT2D eigenvalue weighted by Crippen LogP contribution is -2.16. The maximum Gasteiger partial charge on any atom is 0.180 e. The summed E-state index contributed by atoms with van der Waals surface area (Å²) in [5.74, 6) is 0. The maximum atomic E-state index is 11.7. The summed E-state index contributed by atoms with van der Waals surface area (Å²) in [6.07, 6.45) is 0.640. The Morgan fingerprint density at radius 1 is 1.38 bits per heavy atom. The molecule has 0 aromatic heterocycles. The van der Waals surface area contributed by atoms with Crippen LogP contribution in [0.5, 0.6) is 0 Å². The van der Waals surface area contributed by atoms with Crippen molar-refractivity contribution in [1.29, 1.82) is 0 Å². The molecule has 0 aliphatic rings. The van der Waals surface area contributed by atoms with Gasteiger partial charge in [-0.05, 0) is 31.5 Å². The summed E-state index contributed by atoms with van der Waals surface area (Å²) in [5.41, 5.74) is 0. The Balaban J connectivity index is 3.09. The Morgan fingerprint density at radius 3 is 2.38 bits per heavy atom. The molecule has 1 rings (SSSR count). The van der Waals surface area contributed by atoms with Crippen LogP contribution in [0.3, 0.4) is 0 Å². The topological polar surface area (TPSA) is 34.1 Å². The van der Waals surface area contributed by atoms with Crippen molar-refractivity contribution < 1.29 is 8.42 Å². The van der Waals surface area contributed by atoms with Crippen LogP contribution >= 0.6 is 0 Å². The fraction of sp³-hybridized carbons (Fsp3) is 0.400. The van der Waals surface area contributed by atoms with E-state index in [0.29, 0.717) is 11.3 Å². The normalized spacial score (nSPS) is 14.0. The molecule has 0 spiro atoms. The molecule has 13 heavy (non-hydrogen) atoms. The number of benzene rings is 1. The molecule has 0 saturated carbocycles. The van der Waals surface area contributed by atoms with Gasteiger partial charge in [-0.15, -0.1) is 0 Å². The molecule has 0 fully saturated rings. The smallest absolute Gasteiger partial charge is 0.180 e. The van der Waals surface area contributed by atoms with Gasteiger partial charge in [0, 0.05) is 0 Å². The van der Waals surface area contributed by atoms with Gasteiger partial charge in [-0.2, -0.15) is 0 Å². The minimum atomic E-state index is -3.11. The van der Waals surface area contributed by atoms with E-state index in [4.69, 9.17) is 0 Å². The van der Waals surface area contributed by atoms with Crippen molar-refractivity contribution in [3.8, 4) is 0 Å². The molecule has 0 aliphatic carbocycles. The van der Waals surface area contributed by atoms with E-state index in [0.717, 1.165) is 0 Å². The second kappa shape index (κ2) is 3.92. The summed E-state index contributed by atoms with van der Waals surface area (Å²) in [6, 6.07) is 9.21. The third-order valence-corrected chi connectivity index (χ3v) is 4.44. The molecule has 1 atom stereocenters. The first-order valence-electron chi connectivity index (χ1n) is 4.29. The van der Waals surface area contributed by atoms with E-state index in [1.54, 1.807) is 31.2 Å². The molecule has 1 aromatic carbocycles. The largest absolute Gasteiger partial charge is 0.223 e. The van der Waals surface area contributed by atoms with E-state index in [1.165, 1.54) is 0 Å². The first-order valence-corrected chi connectivity index (χ1v) is 5.83. The molecule has 71 valence electrons. The standard InChI is InChI=1S/C10H13O2S/c1-3-9(2)13(11,12)10-7-5-4-6-8-10/h5-9H,3H2,1-2H3. The molecule has 0 aliphatic heterocycles. The molecule has 0 heterocycles. The number of hydrogen-bond donors (Lipinski definition) is 0. The molecule has 0 N–H and O–H groups in total. The van der Waals surface area contributed by atoms with Crippen molar-refractivity contribution in [2.75, 3.05) is 0 Å². The maximum absolute atomic E-state index is 11.7. The summed E-state index contributed by atoms with van der Waals surface area (Å²) >= 11 is 0. The summed E-state index contributed by atoms with van der Waals surface area (Å²) in [7, 11) is -3.11. The fourth-order valence-electron chi connectivity index (χ4n) is 1.01. The molecule has 1 unspecified atom stereocenters. The van der Waals surface area contributed by atoms with Crippen LogP contribution in [0.25, 0.3) is 0 Å². The van der Waals surface area contributed by atoms with Gasteiger partial charge >= 0.3 is 0 Å². The van der Waals surface area contributed by atoms with Crippen molar-refractivity contribution in [2.45, 2.75) is 30.4 Å². The zero-order valence-corrected chi connectivity index (χ0v) is 8.64. The predicted molar refractivity (Wildman–Crippen MR) is 52.2 cm³/mol. The molecule has 3 heteroatoms. The van der Waals surface area contributed by atoms with Gasteiger partial charge in [0.05, 0.1) is 10.1 Å². The molecule has 0 saturated heterocycles. The zero-order valence-electron chi connectivity index (χ0n) is 7.82. The minimum absolute atomic E-state index is 0.310. The average Bonchev–Trinajstić information content (AvgIpc) is 2.18. The highest BCUT2D eigenvalue weighted by molar-refractivity contribution is 7.92. The summed E-state index contributed by atoms with van der Waals surface area (Å²) < 4.78 is 23.5. The fourth-order valence-corrected chi connectivity index (χ4v) is 2.43. The van der Waals surface area contributed by atoms with Crippen LogP contribution in [0, 0.1) is 6.07 Å². The summed E-state index contributed by atoms with van der Waals surface area (Å²) in [5, 5.41) is -0.310. The lowest BCUT2D eigenvalue weighted by atomic mass is 10.4. The number of sulfone groups is 1. The van der Waals surface area contributed by atoms with Crippen LogP contribution in [0.1, 0.15) is 20.3 Å². The minimum Gasteiger partial charge on any atom is -0.223 e. The van der Waals surface area contributed by atoms with Crippen molar-refractivity contribution in [3.63, 3.8) is 0 Å². The van der Waals surface area contributed by atoms with E-state index >= 15 is 0 Å². The third kappa shape index (κ3) is 2.10. The second-order valence-electron chi connectivity index (χ2n) is 3.00. The Bertz CT molecular complexity index is 354. The molecule has 2 nitrogen and oxygen atoms in total. The van der Waals surface area contributed by atoms with Gasteiger partial charge < -0.3 is 0 Å². The molecule has 1 aromatic rings. The summed E-state index contributed by atoms with van der Waals surface area (Å²) in [4.78, 5) is 0.389. The van der Waals surface area contributed by atoms with E-state index in [9.17, 15) is 8.42 Å². The highest BCUT2D eigenvalue weighted by atomic mass is 32.2. The molecular formula is C10H13O2S. The van der Waals surface area contributed by atoms with Crippen molar-refractivity contribution in [3.05, 3.63) is 30.3 Å². The van der Waals surface area contributed by atoms with Crippen LogP contribution in [0.2, 0.25) is 0 Å². The van der Waals surface area contributed by atoms with Crippen LogP contribution in [0.15, 0.2) is 29.2 Å². The zero-order chi connectivity index (χ0) is 9.90. The van der Waals surface area contributed by atoms with E-state index < -0.39 is 9.84 Å². The highest BCUT2D eigenvalue weighted by Crippen LogP contribution is 2.16. The Labute approximate surface area is 79.5 Å². The number of hydrogen-bond acceptors (Lipinski definition) is 2. The van der Waals surface area contributed by atoms with Gasteiger partial charge in [-0.3, -0.25) is 0 Å². The monoisotopic (exact) mass is 197 g/mol. The summed E-state index contributed by atoms with van der Waals surface area (Å²) in [6.45, 7) is 3.60. The Morgan fingerprint density at radius 2 is 1.92 bits per heavy atom. The highest BCUT2D eigenvalue weighted by Gasteiger charge is 2.20. The van der Waals surface area contributed by atoms with Gasteiger partial charge in [0.25, 0.3) is 0 Å². The van der Waals surface area contributed by atoms with Gasteiger partial charge in [0.15, 0.2) is 9.84 Å². The Hall–Kier alpha value is -0.830. The average molecular weight is 197 g/mol. The third-order valence-electron chi connectivity index (χ3n) is 2.12. The molecular weight excluding hydrogens is 184 g/mol. The van der Waals surface area contributed by atoms with Gasteiger partial charge in [-0.1, -0.05) is 19.1 Å². The molecule has 0 amide bonds. The van der Waals surface area contributed by atoms with E-state index in [1.807, 2.05) is 6.92 Å². The Kier molecular flexibility index (Phi) is 3.09. The quantitative estimate of drug-likeness (QED) is 0.743. The van der Waals surface area contributed by atoms with Gasteiger partial charge in [0.1, 0.15) is 0 Å². The van der Waals surface area contributed by atoms with Crippen molar-refractivity contribution in [1.82, 2.24) is 0 Å². The molecule has 0 bridgehead atoms. The predicted octanol–water partition coefficient (Wildman–Crippen LogP) is 2.06. The van der Waals surface area contributed by atoms with Gasteiger partial charge in [-0.25, -0.2) is 8.42 Å². The van der Waals surface area contributed by atoms with Crippen LogP contribution < -0.4 is 0 Å². The van der Waals surface area contributed by atoms with E-state index in [2.05, 4.69) is 6.07 Å². The van der Waals surface area contributed by atoms with Crippen molar-refractivity contribution >= 4 is 9.84 Å². The SMILES string of the molecule is CCC(C)S(=O)(=O)c1cc[c]cc1. The van der Waals surface area contributed by atoms with Crippen LogP contribution in [-0.2, 0) is 9.84 Å². The van der Waals surface area contributed by atoms with Crippen LogP contribution in [-0.4, -0.2) is 13.7 Å².